The molecule has 1 saturated carbocycles. The topological polar surface area (TPSA) is 114 Å². The molecular formula is C24H20N4O5S. The molecule has 9 nitrogen and oxygen atoms in total. The average molecular weight is 477 g/mol. The molecule has 1 aliphatic heterocycles. The maximum Gasteiger partial charge on any atom is 0.262 e. The minimum absolute atomic E-state index is 0.0735. The predicted molar refractivity (Wildman–Crippen MR) is 126 cm³/mol. The summed E-state index contributed by atoms with van der Waals surface area (Å²) in [5, 5.41) is 0.916. The number of carbonyl (C=O) groups excluding carboxylic acids is 1. The lowest BCUT2D eigenvalue weighted by atomic mass is 10.0. The van der Waals surface area contributed by atoms with Crippen LogP contribution in [0.2, 0.25) is 0 Å². The quantitative estimate of drug-likeness (QED) is 0.391. The van der Waals surface area contributed by atoms with Gasteiger partial charge in [0.1, 0.15) is 11.5 Å². The van der Waals surface area contributed by atoms with Crippen LogP contribution in [0, 0.1) is 0 Å². The molecule has 10 heteroatoms. The number of carbonyl (C=O) groups is 1. The number of pyridine rings is 1. The second-order valence-corrected chi connectivity index (χ2v) is 9.89. The van der Waals surface area contributed by atoms with Crippen molar-refractivity contribution in [3.05, 3.63) is 60.8 Å². The molecule has 3 heterocycles. The fourth-order valence-corrected chi connectivity index (χ4v) is 5.12. The fourth-order valence-electron chi connectivity index (χ4n) is 4.05. The van der Waals surface area contributed by atoms with Crippen molar-refractivity contribution >= 4 is 39.0 Å². The second-order valence-electron chi connectivity index (χ2n) is 8.21. The SMILES string of the molecule is O=CN(c1cc(-c2ccc(NS(=O)(=O)c3ccc4c(c3)OCO4)cc2)c2cc[nH]c2n1)C1CC1. The zero-order chi connectivity index (χ0) is 23.3. The molecule has 0 atom stereocenters. The molecule has 2 aromatic carbocycles. The summed E-state index contributed by atoms with van der Waals surface area (Å²) in [6.45, 7) is 0.0735. The molecule has 6 rings (SSSR count). The van der Waals surface area contributed by atoms with E-state index in [2.05, 4.69) is 14.7 Å². The minimum atomic E-state index is -3.81. The van der Waals surface area contributed by atoms with E-state index in [1.807, 2.05) is 24.3 Å². The van der Waals surface area contributed by atoms with Crippen LogP contribution in [0.5, 0.6) is 11.5 Å². The van der Waals surface area contributed by atoms with E-state index in [0.29, 0.717) is 28.7 Å². The van der Waals surface area contributed by atoms with Crippen molar-refractivity contribution in [3.8, 4) is 22.6 Å². The number of sulfonamides is 1. The van der Waals surface area contributed by atoms with Gasteiger partial charge in [-0.25, -0.2) is 13.4 Å². The highest BCUT2D eigenvalue weighted by molar-refractivity contribution is 7.92. The Morgan fingerprint density at radius 2 is 1.82 bits per heavy atom. The number of hydrogen-bond donors (Lipinski definition) is 2. The Kier molecular flexibility index (Phi) is 4.70. The summed E-state index contributed by atoms with van der Waals surface area (Å²) in [4.78, 5) is 21.1. The number of H-pyrrole nitrogens is 1. The van der Waals surface area contributed by atoms with Crippen LogP contribution in [0.25, 0.3) is 22.2 Å². The van der Waals surface area contributed by atoms with Gasteiger partial charge in [-0.3, -0.25) is 14.4 Å². The first-order chi connectivity index (χ1) is 16.5. The zero-order valence-electron chi connectivity index (χ0n) is 17.9. The van der Waals surface area contributed by atoms with Crippen molar-refractivity contribution < 1.29 is 22.7 Å². The van der Waals surface area contributed by atoms with Crippen molar-refractivity contribution in [3.63, 3.8) is 0 Å². The molecule has 2 aromatic heterocycles. The number of anilines is 2. The van der Waals surface area contributed by atoms with Crippen LogP contribution >= 0.6 is 0 Å². The number of nitrogens with one attached hydrogen (secondary N) is 2. The normalized spacial score (nSPS) is 14.8. The molecule has 1 aliphatic carbocycles. The molecule has 34 heavy (non-hydrogen) atoms. The summed E-state index contributed by atoms with van der Waals surface area (Å²) in [6.07, 6.45) is 4.57. The molecule has 1 amide bonds. The van der Waals surface area contributed by atoms with Gasteiger partial charge in [-0.1, -0.05) is 12.1 Å². The molecule has 172 valence electrons. The summed E-state index contributed by atoms with van der Waals surface area (Å²) in [5.74, 6) is 1.51. The zero-order valence-corrected chi connectivity index (χ0v) is 18.7. The van der Waals surface area contributed by atoms with E-state index in [9.17, 15) is 13.2 Å². The monoisotopic (exact) mass is 476 g/mol. The van der Waals surface area contributed by atoms with Gasteiger partial charge in [-0.05, 0) is 60.4 Å². The number of amides is 1. The Morgan fingerprint density at radius 1 is 1.03 bits per heavy atom. The van der Waals surface area contributed by atoms with Crippen LogP contribution in [-0.2, 0) is 14.8 Å². The Bertz CT molecular complexity index is 1510. The van der Waals surface area contributed by atoms with Crippen LogP contribution in [0.3, 0.4) is 0 Å². The summed E-state index contributed by atoms with van der Waals surface area (Å²) in [7, 11) is -3.81. The molecule has 0 radical (unpaired) electrons. The number of aromatic amines is 1. The fraction of sp³-hybridized carbons (Fsp3) is 0.167. The highest BCUT2D eigenvalue weighted by Gasteiger charge is 2.30. The third kappa shape index (κ3) is 3.61. The summed E-state index contributed by atoms with van der Waals surface area (Å²) in [6, 6.07) is 15.6. The van der Waals surface area contributed by atoms with Crippen molar-refractivity contribution in [2.24, 2.45) is 0 Å². The molecular weight excluding hydrogens is 456 g/mol. The van der Waals surface area contributed by atoms with Crippen LogP contribution < -0.4 is 19.1 Å². The third-order valence-corrected chi connectivity index (χ3v) is 7.31. The van der Waals surface area contributed by atoms with Gasteiger partial charge >= 0.3 is 0 Å². The van der Waals surface area contributed by atoms with Gasteiger partial charge in [0.15, 0.2) is 11.5 Å². The molecule has 2 N–H and O–H groups in total. The van der Waals surface area contributed by atoms with Crippen LogP contribution in [0.15, 0.2) is 65.7 Å². The highest BCUT2D eigenvalue weighted by Crippen LogP contribution is 2.36. The standard InChI is InChI=1S/C24H20N4O5S/c29-13-28(17-5-6-17)23-12-20(19-9-10-25-24(19)26-23)15-1-3-16(4-2-15)27-34(30,31)18-7-8-21-22(11-18)33-14-32-21/h1-4,7-13,17,27H,5-6,14H2,(H,25,26). The Hall–Kier alpha value is -4.05. The maximum atomic E-state index is 12.9. The Balaban J connectivity index is 1.30. The van der Waals surface area contributed by atoms with E-state index < -0.39 is 10.0 Å². The summed E-state index contributed by atoms with van der Waals surface area (Å²) in [5.41, 5.74) is 2.89. The number of ether oxygens (including phenoxy) is 2. The molecule has 1 fully saturated rings. The van der Waals surface area contributed by atoms with E-state index in [4.69, 9.17) is 9.47 Å². The Labute approximate surface area is 195 Å². The first kappa shape index (κ1) is 20.5. The lowest BCUT2D eigenvalue weighted by Crippen LogP contribution is -2.24. The Morgan fingerprint density at radius 3 is 2.59 bits per heavy atom. The van der Waals surface area contributed by atoms with Crippen molar-refractivity contribution in [2.75, 3.05) is 16.4 Å². The van der Waals surface area contributed by atoms with Crippen LogP contribution in [0.1, 0.15) is 12.8 Å². The van der Waals surface area contributed by atoms with Gasteiger partial charge in [0.05, 0.1) is 4.90 Å². The average Bonchev–Trinajstić information content (AvgIpc) is 3.36. The lowest BCUT2D eigenvalue weighted by Gasteiger charge is -2.17. The number of aromatic nitrogens is 2. The number of benzene rings is 2. The molecule has 0 unspecified atom stereocenters. The smallest absolute Gasteiger partial charge is 0.262 e. The largest absolute Gasteiger partial charge is 0.454 e. The van der Waals surface area contributed by atoms with Gasteiger partial charge in [0.25, 0.3) is 10.0 Å². The number of hydrogen-bond acceptors (Lipinski definition) is 6. The van der Waals surface area contributed by atoms with Gasteiger partial charge in [0, 0.05) is 29.4 Å². The maximum absolute atomic E-state index is 12.9. The predicted octanol–water partition coefficient (Wildman–Crippen LogP) is 3.88. The van der Waals surface area contributed by atoms with Crippen molar-refractivity contribution in [2.45, 2.75) is 23.8 Å². The lowest BCUT2D eigenvalue weighted by molar-refractivity contribution is -0.107. The van der Waals surface area contributed by atoms with E-state index in [0.717, 1.165) is 35.8 Å². The van der Waals surface area contributed by atoms with Gasteiger partial charge < -0.3 is 14.5 Å². The highest BCUT2D eigenvalue weighted by atomic mass is 32.2. The van der Waals surface area contributed by atoms with E-state index in [1.165, 1.54) is 12.1 Å². The van der Waals surface area contributed by atoms with Gasteiger partial charge in [-0.15, -0.1) is 0 Å². The number of rotatable bonds is 7. The van der Waals surface area contributed by atoms with Crippen LogP contribution in [-0.4, -0.2) is 37.6 Å². The number of fused-ring (bicyclic) bond motifs is 2. The van der Waals surface area contributed by atoms with E-state index >= 15 is 0 Å². The molecule has 0 spiro atoms. The van der Waals surface area contributed by atoms with Crippen molar-refractivity contribution in [1.29, 1.82) is 0 Å². The van der Waals surface area contributed by atoms with E-state index in [-0.39, 0.29) is 17.7 Å². The van der Waals surface area contributed by atoms with E-state index in [1.54, 1.807) is 29.3 Å². The minimum Gasteiger partial charge on any atom is -0.454 e. The molecule has 4 aromatic rings. The van der Waals surface area contributed by atoms with Crippen LogP contribution in [0.4, 0.5) is 11.5 Å². The van der Waals surface area contributed by atoms with Crippen molar-refractivity contribution in [1.82, 2.24) is 9.97 Å². The second kappa shape index (κ2) is 7.77. The first-order valence-electron chi connectivity index (χ1n) is 10.8. The number of nitrogens with zero attached hydrogens (tertiary/aromatic N) is 2. The third-order valence-electron chi connectivity index (χ3n) is 5.94. The molecule has 0 saturated heterocycles. The molecule has 2 aliphatic rings. The van der Waals surface area contributed by atoms with Gasteiger partial charge in [-0.2, -0.15) is 0 Å². The summed E-state index contributed by atoms with van der Waals surface area (Å²) >= 11 is 0. The van der Waals surface area contributed by atoms with Gasteiger partial charge in [0.2, 0.25) is 13.2 Å². The first-order valence-corrected chi connectivity index (χ1v) is 12.2. The summed E-state index contributed by atoms with van der Waals surface area (Å²) < 4.78 is 38.9. The molecule has 0 bridgehead atoms.